The smallest absolute Gasteiger partial charge is 0.405 e. The normalized spacial score (nSPS) is 12.0. The number of nitrogens with one attached hydrogen (secondary N) is 2. The molecule has 3 N–H and O–H groups in total. The Labute approximate surface area is 138 Å². The van der Waals surface area contributed by atoms with Crippen LogP contribution in [-0.2, 0) is 11.2 Å². The summed E-state index contributed by atoms with van der Waals surface area (Å²) in [6, 6.07) is 8.39. The number of carbonyl (C=O) groups is 2. The van der Waals surface area contributed by atoms with Gasteiger partial charge in [0, 0.05) is 17.5 Å². The lowest BCUT2D eigenvalue weighted by molar-refractivity contribution is -0.118. The maximum absolute atomic E-state index is 12.4. The molecular formula is C16H19N3O3S. The first-order chi connectivity index (χ1) is 11.0. The van der Waals surface area contributed by atoms with Crippen LogP contribution in [0.3, 0.4) is 0 Å². The van der Waals surface area contributed by atoms with Gasteiger partial charge in [-0.2, -0.15) is 0 Å². The first-order valence-corrected chi connectivity index (χ1v) is 8.07. The highest BCUT2D eigenvalue weighted by Gasteiger charge is 2.22. The SMILES string of the molecule is CC(C)c1cnc(NC(=O)[C@H](Cc2ccccc2)NC(=O)O)s1. The van der Waals surface area contributed by atoms with Crippen LogP contribution in [0.2, 0.25) is 0 Å². The Hall–Kier alpha value is -2.41. The number of rotatable bonds is 6. The van der Waals surface area contributed by atoms with Crippen molar-refractivity contribution in [2.75, 3.05) is 5.32 Å². The van der Waals surface area contributed by atoms with Crippen LogP contribution in [0.4, 0.5) is 9.93 Å². The fourth-order valence-corrected chi connectivity index (χ4v) is 2.83. The van der Waals surface area contributed by atoms with Gasteiger partial charge in [-0.25, -0.2) is 9.78 Å². The van der Waals surface area contributed by atoms with Gasteiger partial charge in [0.1, 0.15) is 6.04 Å². The molecule has 1 aromatic carbocycles. The Morgan fingerprint density at radius 1 is 1.26 bits per heavy atom. The second-order valence-corrected chi connectivity index (χ2v) is 6.47. The van der Waals surface area contributed by atoms with Gasteiger partial charge in [-0.1, -0.05) is 44.2 Å². The third-order valence-electron chi connectivity index (χ3n) is 3.22. The molecule has 0 fully saturated rings. The summed E-state index contributed by atoms with van der Waals surface area (Å²) in [5.74, 6) is -0.0867. The van der Waals surface area contributed by atoms with Gasteiger partial charge in [0.15, 0.2) is 5.13 Å². The third kappa shape index (κ3) is 5.07. The number of hydrogen-bond donors (Lipinski definition) is 3. The van der Waals surface area contributed by atoms with Crippen LogP contribution < -0.4 is 10.6 Å². The number of aromatic nitrogens is 1. The molecule has 23 heavy (non-hydrogen) atoms. The minimum Gasteiger partial charge on any atom is -0.465 e. The third-order valence-corrected chi connectivity index (χ3v) is 4.43. The predicted octanol–water partition coefficient (Wildman–Crippen LogP) is 3.08. The Balaban J connectivity index is 2.07. The zero-order valence-corrected chi connectivity index (χ0v) is 13.8. The fraction of sp³-hybridized carbons (Fsp3) is 0.312. The average molecular weight is 333 g/mol. The average Bonchev–Trinajstić information content (AvgIpc) is 2.96. The van der Waals surface area contributed by atoms with Crippen molar-refractivity contribution in [1.29, 1.82) is 0 Å². The van der Waals surface area contributed by atoms with Crippen molar-refractivity contribution in [3.8, 4) is 0 Å². The van der Waals surface area contributed by atoms with Crippen molar-refractivity contribution >= 4 is 28.5 Å². The van der Waals surface area contributed by atoms with E-state index in [1.165, 1.54) is 11.3 Å². The van der Waals surface area contributed by atoms with Crippen molar-refractivity contribution in [3.05, 3.63) is 47.0 Å². The van der Waals surface area contributed by atoms with Gasteiger partial charge in [0.2, 0.25) is 5.91 Å². The van der Waals surface area contributed by atoms with E-state index in [2.05, 4.69) is 15.6 Å². The van der Waals surface area contributed by atoms with Crippen LogP contribution in [0.15, 0.2) is 36.5 Å². The summed E-state index contributed by atoms with van der Waals surface area (Å²) >= 11 is 1.39. The zero-order valence-electron chi connectivity index (χ0n) is 12.9. The van der Waals surface area contributed by atoms with Crippen molar-refractivity contribution in [1.82, 2.24) is 10.3 Å². The summed E-state index contributed by atoms with van der Waals surface area (Å²) < 4.78 is 0. The number of nitrogens with zero attached hydrogens (tertiary/aromatic N) is 1. The molecule has 0 aliphatic rings. The van der Waals surface area contributed by atoms with Crippen LogP contribution in [0, 0.1) is 0 Å². The quantitative estimate of drug-likeness (QED) is 0.757. The first-order valence-electron chi connectivity index (χ1n) is 7.25. The number of carbonyl (C=O) groups excluding carboxylic acids is 1. The number of benzene rings is 1. The molecule has 0 unspecified atom stereocenters. The maximum Gasteiger partial charge on any atom is 0.405 e. The highest BCUT2D eigenvalue weighted by atomic mass is 32.1. The summed E-state index contributed by atoms with van der Waals surface area (Å²) in [6.45, 7) is 4.09. The van der Waals surface area contributed by atoms with Crippen molar-refractivity contribution < 1.29 is 14.7 Å². The Bertz CT molecular complexity index is 670. The largest absolute Gasteiger partial charge is 0.465 e. The lowest BCUT2D eigenvalue weighted by atomic mass is 10.1. The predicted molar refractivity (Wildman–Crippen MR) is 89.9 cm³/mol. The molecule has 2 rings (SSSR count). The van der Waals surface area contributed by atoms with E-state index >= 15 is 0 Å². The van der Waals surface area contributed by atoms with Gasteiger partial charge < -0.3 is 15.7 Å². The zero-order chi connectivity index (χ0) is 16.8. The molecular weight excluding hydrogens is 314 g/mol. The topological polar surface area (TPSA) is 91.3 Å². The molecule has 2 aromatic rings. The lowest BCUT2D eigenvalue weighted by Crippen LogP contribution is -2.44. The van der Waals surface area contributed by atoms with Crippen LogP contribution in [0.5, 0.6) is 0 Å². The Morgan fingerprint density at radius 2 is 1.96 bits per heavy atom. The van der Waals surface area contributed by atoms with E-state index in [1.54, 1.807) is 6.20 Å². The lowest BCUT2D eigenvalue weighted by Gasteiger charge is -2.15. The number of anilines is 1. The van der Waals surface area contributed by atoms with Crippen LogP contribution in [0.1, 0.15) is 30.2 Å². The maximum atomic E-state index is 12.4. The highest BCUT2D eigenvalue weighted by Crippen LogP contribution is 2.25. The van der Waals surface area contributed by atoms with Crippen LogP contribution >= 0.6 is 11.3 Å². The Morgan fingerprint density at radius 3 is 2.52 bits per heavy atom. The van der Waals surface area contributed by atoms with Gasteiger partial charge in [0.25, 0.3) is 0 Å². The van der Waals surface area contributed by atoms with E-state index in [0.29, 0.717) is 11.0 Å². The number of hydrogen-bond acceptors (Lipinski definition) is 4. The second-order valence-electron chi connectivity index (χ2n) is 5.40. The number of amides is 2. The number of thiazole rings is 1. The summed E-state index contributed by atoms with van der Waals surface area (Å²) in [5, 5.41) is 14.4. The standard InChI is InChI=1S/C16H19N3O3S/c1-10(2)13-9-17-15(23-13)19-14(20)12(18-16(21)22)8-11-6-4-3-5-7-11/h3-7,9-10,12,18H,8H2,1-2H3,(H,21,22)(H,17,19,20)/t12-/m0/s1. The molecule has 0 aliphatic carbocycles. The van der Waals surface area contributed by atoms with E-state index in [0.717, 1.165) is 10.4 Å². The Kier molecular flexibility index (Phi) is 5.70. The molecule has 0 aliphatic heterocycles. The van der Waals surface area contributed by atoms with Crippen molar-refractivity contribution in [2.45, 2.75) is 32.2 Å². The first kappa shape index (κ1) is 17.0. The van der Waals surface area contributed by atoms with Gasteiger partial charge in [0.05, 0.1) is 0 Å². The van der Waals surface area contributed by atoms with E-state index in [1.807, 2.05) is 44.2 Å². The second kappa shape index (κ2) is 7.73. The van der Waals surface area contributed by atoms with Crippen molar-refractivity contribution in [2.24, 2.45) is 0 Å². The summed E-state index contributed by atoms with van der Waals surface area (Å²) in [7, 11) is 0. The fourth-order valence-electron chi connectivity index (χ4n) is 2.01. The molecule has 1 atom stereocenters. The summed E-state index contributed by atoms with van der Waals surface area (Å²) in [5.41, 5.74) is 0.878. The van der Waals surface area contributed by atoms with E-state index in [-0.39, 0.29) is 6.42 Å². The molecule has 0 bridgehead atoms. The van der Waals surface area contributed by atoms with Gasteiger partial charge in [-0.15, -0.1) is 11.3 Å². The van der Waals surface area contributed by atoms with Crippen LogP contribution in [0.25, 0.3) is 0 Å². The molecule has 0 spiro atoms. The molecule has 7 heteroatoms. The molecule has 0 saturated carbocycles. The minimum atomic E-state index is -1.23. The minimum absolute atomic E-state index is 0.279. The monoisotopic (exact) mass is 333 g/mol. The summed E-state index contributed by atoms with van der Waals surface area (Å²) in [4.78, 5) is 28.5. The van der Waals surface area contributed by atoms with Crippen LogP contribution in [-0.4, -0.2) is 28.1 Å². The van der Waals surface area contributed by atoms with Gasteiger partial charge in [-0.05, 0) is 11.5 Å². The van der Waals surface area contributed by atoms with E-state index in [4.69, 9.17) is 5.11 Å². The van der Waals surface area contributed by atoms with E-state index in [9.17, 15) is 9.59 Å². The molecule has 2 amide bonds. The van der Waals surface area contributed by atoms with Gasteiger partial charge >= 0.3 is 6.09 Å². The molecule has 122 valence electrons. The van der Waals surface area contributed by atoms with Gasteiger partial charge in [-0.3, -0.25) is 4.79 Å². The molecule has 0 saturated heterocycles. The molecule has 1 aromatic heterocycles. The molecule has 1 heterocycles. The summed E-state index contributed by atoms with van der Waals surface area (Å²) in [6.07, 6.45) is 0.770. The molecule has 6 nitrogen and oxygen atoms in total. The number of carboxylic acid groups (broad SMARTS) is 1. The van der Waals surface area contributed by atoms with E-state index < -0.39 is 18.0 Å². The highest BCUT2D eigenvalue weighted by molar-refractivity contribution is 7.15. The van der Waals surface area contributed by atoms with Crippen molar-refractivity contribution in [3.63, 3.8) is 0 Å². The molecule has 0 radical (unpaired) electrons.